The predicted octanol–water partition coefficient (Wildman–Crippen LogP) is 1.95. The normalized spacial score (nSPS) is 30.1. The van der Waals surface area contributed by atoms with Gasteiger partial charge in [0.05, 0.1) is 12.0 Å². The van der Waals surface area contributed by atoms with E-state index >= 15 is 0 Å². The lowest BCUT2D eigenvalue weighted by Gasteiger charge is -2.32. The SMILES string of the molecule is O=C1C[C@@]2(O)C[C@@H](c3cc(-c4ccccc4)ccc3C(=O)O)C(O1)[C@H]2O. The number of hydrogen-bond acceptors (Lipinski definition) is 5. The number of carboxylic acids is 1. The smallest absolute Gasteiger partial charge is 0.335 e. The summed E-state index contributed by atoms with van der Waals surface area (Å²) in [6.45, 7) is 0. The van der Waals surface area contributed by atoms with Crippen molar-refractivity contribution in [1.82, 2.24) is 0 Å². The van der Waals surface area contributed by atoms with E-state index < -0.39 is 35.7 Å². The number of carboxylic acid groups (broad SMARTS) is 1. The quantitative estimate of drug-likeness (QED) is 0.728. The van der Waals surface area contributed by atoms with Gasteiger partial charge in [0.25, 0.3) is 0 Å². The summed E-state index contributed by atoms with van der Waals surface area (Å²) in [6.07, 6.45) is -2.40. The maximum absolute atomic E-state index is 11.7. The summed E-state index contributed by atoms with van der Waals surface area (Å²) in [5.41, 5.74) is 0.689. The lowest BCUT2D eigenvalue weighted by molar-refractivity contribution is -0.183. The molecule has 26 heavy (non-hydrogen) atoms. The minimum Gasteiger partial charge on any atom is -0.478 e. The van der Waals surface area contributed by atoms with Crippen molar-refractivity contribution in [3.05, 3.63) is 59.7 Å². The van der Waals surface area contributed by atoms with Gasteiger partial charge in [-0.3, -0.25) is 4.79 Å². The van der Waals surface area contributed by atoms with Gasteiger partial charge in [0, 0.05) is 5.92 Å². The van der Waals surface area contributed by atoms with E-state index in [0.29, 0.717) is 5.56 Å². The Balaban J connectivity index is 1.82. The summed E-state index contributed by atoms with van der Waals surface area (Å²) in [6, 6.07) is 14.5. The zero-order chi connectivity index (χ0) is 18.5. The molecule has 1 aliphatic carbocycles. The number of aromatic carboxylic acids is 1. The van der Waals surface area contributed by atoms with Crippen LogP contribution in [0.5, 0.6) is 0 Å². The molecule has 2 fully saturated rings. The molecule has 6 heteroatoms. The van der Waals surface area contributed by atoms with Crippen LogP contribution in [0.15, 0.2) is 48.5 Å². The Bertz CT molecular complexity index is 877. The number of aliphatic hydroxyl groups excluding tert-OH is 1. The first-order valence-corrected chi connectivity index (χ1v) is 8.42. The third kappa shape index (κ3) is 2.58. The fourth-order valence-corrected chi connectivity index (χ4v) is 4.07. The summed E-state index contributed by atoms with van der Waals surface area (Å²) < 4.78 is 5.26. The van der Waals surface area contributed by atoms with Crippen LogP contribution in [0.1, 0.15) is 34.7 Å². The Hall–Kier alpha value is -2.70. The average Bonchev–Trinajstić information content (AvgIpc) is 2.77. The first kappa shape index (κ1) is 16.8. The third-order valence-electron chi connectivity index (χ3n) is 5.34. The summed E-state index contributed by atoms with van der Waals surface area (Å²) in [5, 5.41) is 30.5. The number of fused-ring (bicyclic) bond motifs is 2. The van der Waals surface area contributed by atoms with Gasteiger partial charge in [-0.2, -0.15) is 0 Å². The summed E-state index contributed by atoms with van der Waals surface area (Å²) >= 11 is 0. The summed E-state index contributed by atoms with van der Waals surface area (Å²) in [4.78, 5) is 23.5. The molecule has 4 rings (SSSR count). The van der Waals surface area contributed by atoms with Gasteiger partial charge >= 0.3 is 11.9 Å². The van der Waals surface area contributed by atoms with Crippen molar-refractivity contribution in [3.63, 3.8) is 0 Å². The Kier molecular flexibility index (Phi) is 3.82. The van der Waals surface area contributed by atoms with Gasteiger partial charge in [0.15, 0.2) is 0 Å². The van der Waals surface area contributed by atoms with Crippen LogP contribution in [0.4, 0.5) is 0 Å². The molecule has 1 heterocycles. The van der Waals surface area contributed by atoms with E-state index in [1.165, 1.54) is 6.07 Å². The Morgan fingerprint density at radius 1 is 1.12 bits per heavy atom. The number of aliphatic hydroxyl groups is 2. The van der Waals surface area contributed by atoms with Crippen LogP contribution in [0.2, 0.25) is 0 Å². The van der Waals surface area contributed by atoms with Crippen molar-refractivity contribution < 1.29 is 29.6 Å². The Morgan fingerprint density at radius 3 is 2.54 bits per heavy atom. The minimum atomic E-state index is -1.58. The van der Waals surface area contributed by atoms with Crippen molar-refractivity contribution in [1.29, 1.82) is 0 Å². The van der Waals surface area contributed by atoms with Crippen LogP contribution >= 0.6 is 0 Å². The van der Waals surface area contributed by atoms with Gasteiger partial charge in [-0.25, -0.2) is 4.79 Å². The van der Waals surface area contributed by atoms with Gasteiger partial charge in [-0.15, -0.1) is 0 Å². The van der Waals surface area contributed by atoms with Crippen molar-refractivity contribution in [2.45, 2.75) is 36.6 Å². The number of benzene rings is 2. The third-order valence-corrected chi connectivity index (χ3v) is 5.34. The Morgan fingerprint density at radius 2 is 1.85 bits per heavy atom. The van der Waals surface area contributed by atoms with Gasteiger partial charge in [0.1, 0.15) is 17.8 Å². The van der Waals surface area contributed by atoms with E-state index in [-0.39, 0.29) is 18.4 Å². The molecule has 0 radical (unpaired) electrons. The Labute approximate surface area is 149 Å². The first-order valence-electron chi connectivity index (χ1n) is 8.42. The highest BCUT2D eigenvalue weighted by molar-refractivity contribution is 5.91. The fourth-order valence-electron chi connectivity index (χ4n) is 4.07. The second-order valence-corrected chi connectivity index (χ2v) is 6.96. The minimum absolute atomic E-state index is 0.0725. The number of rotatable bonds is 3. The van der Waals surface area contributed by atoms with E-state index in [9.17, 15) is 24.9 Å². The number of ether oxygens (including phenoxy) is 1. The van der Waals surface area contributed by atoms with Crippen LogP contribution in [-0.2, 0) is 9.53 Å². The van der Waals surface area contributed by atoms with Crippen LogP contribution in [0.3, 0.4) is 0 Å². The molecule has 1 saturated heterocycles. The molecule has 0 amide bonds. The molecule has 2 aliphatic rings. The molecule has 2 aromatic rings. The van der Waals surface area contributed by atoms with Crippen molar-refractivity contribution >= 4 is 11.9 Å². The van der Waals surface area contributed by atoms with Gasteiger partial charge in [-0.05, 0) is 35.2 Å². The topological polar surface area (TPSA) is 104 Å². The van der Waals surface area contributed by atoms with Crippen LogP contribution < -0.4 is 0 Å². The molecule has 2 bridgehead atoms. The highest BCUT2D eigenvalue weighted by Crippen LogP contribution is 2.49. The molecule has 1 saturated carbocycles. The second-order valence-electron chi connectivity index (χ2n) is 6.96. The summed E-state index contributed by atoms with van der Waals surface area (Å²) in [7, 11) is 0. The standard InChI is InChI=1S/C20H18O6/c21-16-10-20(25)9-15(17(26-16)18(20)22)14-8-12(6-7-13(14)19(23)24)11-4-2-1-3-5-11/h1-8,15,17-18,22,25H,9-10H2,(H,23,24)/t15-,17?,18+,20-/m0/s1. The largest absolute Gasteiger partial charge is 0.478 e. The molecule has 4 atom stereocenters. The molecular formula is C20H18O6. The molecule has 1 aliphatic heterocycles. The maximum atomic E-state index is 11.7. The number of carbonyl (C=O) groups is 2. The number of hydrogen-bond donors (Lipinski definition) is 3. The van der Waals surface area contributed by atoms with Gasteiger partial charge < -0.3 is 20.1 Å². The number of carbonyl (C=O) groups excluding carboxylic acids is 1. The van der Waals surface area contributed by atoms with E-state index in [1.807, 2.05) is 30.3 Å². The zero-order valence-electron chi connectivity index (χ0n) is 13.8. The van der Waals surface area contributed by atoms with E-state index in [4.69, 9.17) is 4.74 Å². The lowest BCUT2D eigenvalue weighted by Crippen LogP contribution is -2.49. The molecule has 2 aromatic carbocycles. The molecule has 0 aromatic heterocycles. The molecule has 0 spiro atoms. The number of esters is 1. The van der Waals surface area contributed by atoms with Crippen molar-refractivity contribution in [3.8, 4) is 11.1 Å². The molecular weight excluding hydrogens is 336 g/mol. The van der Waals surface area contributed by atoms with Crippen LogP contribution in [-0.4, -0.2) is 45.1 Å². The van der Waals surface area contributed by atoms with E-state index in [0.717, 1.165) is 11.1 Å². The maximum Gasteiger partial charge on any atom is 0.335 e. The highest BCUT2D eigenvalue weighted by atomic mass is 16.6. The van der Waals surface area contributed by atoms with E-state index in [2.05, 4.69) is 0 Å². The average molecular weight is 354 g/mol. The molecule has 3 N–H and O–H groups in total. The fraction of sp³-hybridized carbons (Fsp3) is 0.300. The van der Waals surface area contributed by atoms with Gasteiger partial charge in [-0.1, -0.05) is 36.4 Å². The molecule has 1 unspecified atom stereocenters. The van der Waals surface area contributed by atoms with E-state index in [1.54, 1.807) is 12.1 Å². The van der Waals surface area contributed by atoms with Crippen molar-refractivity contribution in [2.75, 3.05) is 0 Å². The second kappa shape index (κ2) is 5.93. The lowest BCUT2D eigenvalue weighted by atomic mass is 9.87. The summed E-state index contributed by atoms with van der Waals surface area (Å²) in [5.74, 6) is -2.27. The highest BCUT2D eigenvalue weighted by Gasteiger charge is 2.59. The van der Waals surface area contributed by atoms with Crippen LogP contribution in [0, 0.1) is 0 Å². The van der Waals surface area contributed by atoms with Gasteiger partial charge in [0.2, 0.25) is 0 Å². The van der Waals surface area contributed by atoms with Crippen LogP contribution in [0.25, 0.3) is 11.1 Å². The monoisotopic (exact) mass is 354 g/mol. The first-order chi connectivity index (χ1) is 12.4. The molecule has 134 valence electrons. The zero-order valence-corrected chi connectivity index (χ0v) is 13.8. The van der Waals surface area contributed by atoms with Crippen molar-refractivity contribution in [2.24, 2.45) is 0 Å². The predicted molar refractivity (Wildman–Crippen MR) is 91.6 cm³/mol. The molecule has 6 nitrogen and oxygen atoms in total.